The predicted molar refractivity (Wildman–Crippen MR) is 114 cm³/mol. The molecule has 4 rings (SSSR count). The monoisotopic (exact) mass is 420 g/mol. The maximum Gasteiger partial charge on any atom is 0.332 e. The summed E-state index contributed by atoms with van der Waals surface area (Å²) in [6, 6.07) is 9.20. The number of benzene rings is 1. The van der Waals surface area contributed by atoms with E-state index in [0.717, 1.165) is 15.7 Å². The van der Waals surface area contributed by atoms with Crippen LogP contribution in [-0.4, -0.2) is 30.2 Å². The normalized spacial score (nSPS) is 11.1. The number of carbonyl (C=O) groups excluding carboxylic acids is 1. The Morgan fingerprint density at radius 1 is 1.10 bits per heavy atom. The number of nitrogens with one attached hydrogen (secondary N) is 1. The molecule has 10 heteroatoms. The van der Waals surface area contributed by atoms with Crippen LogP contribution in [0.2, 0.25) is 0 Å². The zero-order valence-corrected chi connectivity index (χ0v) is 17.2. The van der Waals surface area contributed by atoms with Crippen molar-refractivity contribution in [2.24, 2.45) is 14.1 Å². The van der Waals surface area contributed by atoms with Crippen molar-refractivity contribution in [1.29, 1.82) is 0 Å². The molecule has 0 bridgehead atoms. The molecule has 0 aliphatic heterocycles. The van der Waals surface area contributed by atoms with E-state index >= 15 is 0 Å². The van der Waals surface area contributed by atoms with Crippen molar-refractivity contribution in [2.75, 3.05) is 5.32 Å². The number of hydrogen-bond donors (Lipinski definition) is 1. The van der Waals surface area contributed by atoms with E-state index in [2.05, 4.69) is 20.5 Å². The van der Waals surface area contributed by atoms with Crippen LogP contribution < -0.4 is 16.6 Å². The van der Waals surface area contributed by atoms with Crippen LogP contribution in [0.25, 0.3) is 22.5 Å². The minimum Gasteiger partial charge on any atom is -0.421 e. The van der Waals surface area contributed by atoms with E-state index in [9.17, 15) is 14.4 Å². The molecular weight excluding hydrogens is 400 g/mol. The van der Waals surface area contributed by atoms with Crippen LogP contribution in [0.15, 0.2) is 50.5 Å². The second-order valence-corrected chi connectivity index (χ2v) is 7.22. The van der Waals surface area contributed by atoms with Gasteiger partial charge in [0.25, 0.3) is 5.56 Å². The second-order valence-electron chi connectivity index (χ2n) is 7.22. The molecule has 0 atom stereocenters. The number of carbonyl (C=O) groups is 1. The minimum absolute atomic E-state index is 0.110. The van der Waals surface area contributed by atoms with Crippen molar-refractivity contribution in [2.45, 2.75) is 19.8 Å². The summed E-state index contributed by atoms with van der Waals surface area (Å²) < 4.78 is 7.91. The number of rotatable bonds is 5. The summed E-state index contributed by atoms with van der Waals surface area (Å²) in [5.74, 6) is 0.458. The molecule has 0 spiro atoms. The summed E-state index contributed by atoms with van der Waals surface area (Å²) in [6.07, 6.45) is 1.78. The van der Waals surface area contributed by atoms with E-state index < -0.39 is 11.2 Å². The zero-order chi connectivity index (χ0) is 22.1. The van der Waals surface area contributed by atoms with Crippen LogP contribution in [0.5, 0.6) is 0 Å². The summed E-state index contributed by atoms with van der Waals surface area (Å²) in [6.45, 7) is 1.99. The van der Waals surface area contributed by atoms with E-state index in [0.29, 0.717) is 17.5 Å². The van der Waals surface area contributed by atoms with Gasteiger partial charge in [-0.2, -0.15) is 0 Å². The minimum atomic E-state index is -0.476. The summed E-state index contributed by atoms with van der Waals surface area (Å²) in [5.41, 5.74) is 1.61. The molecule has 31 heavy (non-hydrogen) atoms. The van der Waals surface area contributed by atoms with Crippen LogP contribution in [-0.2, 0) is 25.3 Å². The number of amides is 1. The highest BCUT2D eigenvalue weighted by Gasteiger charge is 2.13. The Labute approximate surface area is 176 Å². The number of aromatic nitrogens is 5. The van der Waals surface area contributed by atoms with Gasteiger partial charge < -0.3 is 9.73 Å². The summed E-state index contributed by atoms with van der Waals surface area (Å²) >= 11 is 0. The van der Waals surface area contributed by atoms with Gasteiger partial charge in [-0.3, -0.25) is 18.7 Å². The third-order valence-corrected chi connectivity index (χ3v) is 4.91. The lowest BCUT2D eigenvalue weighted by atomic mass is 10.1. The van der Waals surface area contributed by atoms with Gasteiger partial charge in [0.05, 0.1) is 17.3 Å². The van der Waals surface area contributed by atoms with E-state index in [-0.39, 0.29) is 29.8 Å². The van der Waals surface area contributed by atoms with Crippen molar-refractivity contribution < 1.29 is 9.21 Å². The maximum atomic E-state index is 12.4. The van der Waals surface area contributed by atoms with Gasteiger partial charge >= 0.3 is 5.69 Å². The van der Waals surface area contributed by atoms with Gasteiger partial charge in [-0.1, -0.05) is 17.7 Å². The van der Waals surface area contributed by atoms with Crippen molar-refractivity contribution in [3.63, 3.8) is 0 Å². The average molecular weight is 420 g/mol. The number of pyridine rings is 1. The van der Waals surface area contributed by atoms with E-state index in [1.54, 1.807) is 0 Å². The molecule has 1 aromatic carbocycles. The lowest BCUT2D eigenvalue weighted by Gasteiger charge is -2.09. The van der Waals surface area contributed by atoms with E-state index in [1.165, 1.54) is 30.9 Å². The molecule has 0 aliphatic carbocycles. The van der Waals surface area contributed by atoms with Gasteiger partial charge in [0.1, 0.15) is 5.65 Å². The first kappa shape index (κ1) is 20.2. The lowest BCUT2D eigenvalue weighted by molar-refractivity contribution is -0.116. The molecule has 1 N–H and O–H groups in total. The van der Waals surface area contributed by atoms with Gasteiger partial charge in [0.2, 0.25) is 17.7 Å². The smallest absolute Gasteiger partial charge is 0.332 e. The summed E-state index contributed by atoms with van der Waals surface area (Å²) in [7, 11) is 2.93. The van der Waals surface area contributed by atoms with Gasteiger partial charge in [0.15, 0.2) is 0 Å². The van der Waals surface area contributed by atoms with E-state index in [4.69, 9.17) is 4.42 Å². The fourth-order valence-electron chi connectivity index (χ4n) is 3.15. The first-order valence-corrected chi connectivity index (χ1v) is 9.58. The first-order valence-electron chi connectivity index (χ1n) is 9.58. The molecule has 0 unspecified atom stereocenters. The average Bonchev–Trinajstić information content (AvgIpc) is 3.24. The van der Waals surface area contributed by atoms with Gasteiger partial charge in [0, 0.05) is 32.5 Å². The lowest BCUT2D eigenvalue weighted by Crippen LogP contribution is -2.37. The van der Waals surface area contributed by atoms with Gasteiger partial charge in [-0.15, -0.1) is 10.2 Å². The Kier molecular flexibility index (Phi) is 5.20. The molecule has 4 aromatic rings. The fourth-order valence-corrected chi connectivity index (χ4v) is 3.15. The van der Waals surface area contributed by atoms with Gasteiger partial charge in [-0.25, -0.2) is 9.78 Å². The van der Waals surface area contributed by atoms with Crippen LogP contribution in [0.4, 0.5) is 5.69 Å². The zero-order valence-electron chi connectivity index (χ0n) is 17.2. The predicted octanol–water partition coefficient (Wildman–Crippen LogP) is 1.56. The maximum absolute atomic E-state index is 12.4. The van der Waals surface area contributed by atoms with E-state index in [1.807, 2.05) is 31.2 Å². The highest BCUT2D eigenvalue weighted by molar-refractivity contribution is 5.92. The van der Waals surface area contributed by atoms with Crippen molar-refractivity contribution >= 4 is 22.6 Å². The number of aryl methyl sites for hydroxylation is 3. The highest BCUT2D eigenvalue weighted by Crippen LogP contribution is 2.19. The number of nitrogens with zero attached hydrogens (tertiary/aromatic N) is 5. The third kappa shape index (κ3) is 4.00. The fraction of sp³-hybridized carbons (Fsp3) is 0.238. The Bertz CT molecular complexity index is 1400. The Morgan fingerprint density at radius 3 is 2.58 bits per heavy atom. The SMILES string of the molecule is Cc1ccc(-c2nnc(CCC(=O)Nc3cnc4c(c3)c(=O)n(C)c(=O)n4C)o2)cc1. The molecular formula is C21H20N6O4. The molecule has 3 aromatic heterocycles. The van der Waals surface area contributed by atoms with Crippen molar-refractivity contribution in [3.05, 3.63) is 68.8 Å². The van der Waals surface area contributed by atoms with Crippen LogP contribution in [0, 0.1) is 6.92 Å². The van der Waals surface area contributed by atoms with Crippen LogP contribution >= 0.6 is 0 Å². The molecule has 3 heterocycles. The first-order chi connectivity index (χ1) is 14.8. The van der Waals surface area contributed by atoms with Crippen LogP contribution in [0.3, 0.4) is 0 Å². The van der Waals surface area contributed by atoms with Crippen molar-refractivity contribution in [3.8, 4) is 11.5 Å². The second kappa shape index (κ2) is 7.98. The molecule has 1 amide bonds. The number of anilines is 1. The van der Waals surface area contributed by atoms with Gasteiger partial charge in [-0.05, 0) is 25.1 Å². The standard InChI is InChI=1S/C21H20N6O4/c1-12-4-6-13(7-5-12)19-25-24-17(31-19)9-8-16(28)23-14-10-15-18(22-11-14)26(2)21(30)27(3)20(15)29/h4-7,10-11H,8-9H2,1-3H3,(H,23,28). The molecule has 0 saturated heterocycles. The largest absolute Gasteiger partial charge is 0.421 e. The molecule has 0 aliphatic rings. The third-order valence-electron chi connectivity index (χ3n) is 4.91. The summed E-state index contributed by atoms with van der Waals surface area (Å²) in [4.78, 5) is 40.8. The summed E-state index contributed by atoms with van der Waals surface area (Å²) in [5, 5.41) is 11.0. The topological polar surface area (TPSA) is 125 Å². The number of hydrogen-bond acceptors (Lipinski definition) is 7. The Hall–Kier alpha value is -4.08. The molecule has 158 valence electrons. The van der Waals surface area contributed by atoms with Crippen molar-refractivity contribution in [1.82, 2.24) is 24.3 Å². The molecule has 0 saturated carbocycles. The Morgan fingerprint density at radius 2 is 1.84 bits per heavy atom. The van der Waals surface area contributed by atoms with Crippen LogP contribution in [0.1, 0.15) is 17.9 Å². The molecule has 0 fully saturated rings. The molecule has 0 radical (unpaired) electrons. The molecule has 10 nitrogen and oxygen atoms in total. The number of fused-ring (bicyclic) bond motifs is 1. The quantitative estimate of drug-likeness (QED) is 0.519. The Balaban J connectivity index is 1.45. The highest BCUT2D eigenvalue weighted by atomic mass is 16.4.